The molecule has 0 aliphatic carbocycles. The number of hydrogen-bond acceptors (Lipinski definition) is 5. The van der Waals surface area contributed by atoms with E-state index >= 15 is 0 Å². The van der Waals surface area contributed by atoms with Gasteiger partial charge in [-0.2, -0.15) is 0 Å². The van der Waals surface area contributed by atoms with E-state index in [4.69, 9.17) is 9.15 Å². The molecule has 0 radical (unpaired) electrons. The van der Waals surface area contributed by atoms with Crippen LogP contribution in [0.2, 0.25) is 0 Å². The molecule has 0 bridgehead atoms. The number of amides is 1. The predicted molar refractivity (Wildman–Crippen MR) is 121 cm³/mol. The Hall–Kier alpha value is -3.28. The Morgan fingerprint density at radius 1 is 1.03 bits per heavy atom. The fourth-order valence-corrected chi connectivity index (χ4v) is 3.87. The van der Waals surface area contributed by atoms with Crippen molar-refractivity contribution < 1.29 is 13.9 Å². The smallest absolute Gasteiger partial charge is 0.223 e. The van der Waals surface area contributed by atoms with Gasteiger partial charge in [0.25, 0.3) is 0 Å². The fourth-order valence-electron chi connectivity index (χ4n) is 3.87. The second kappa shape index (κ2) is 9.69. The predicted octanol–water partition coefficient (Wildman–Crippen LogP) is 4.33. The summed E-state index contributed by atoms with van der Waals surface area (Å²) >= 11 is 0. The van der Waals surface area contributed by atoms with Gasteiger partial charge in [-0.3, -0.25) is 4.79 Å². The summed E-state index contributed by atoms with van der Waals surface area (Å²) in [6.07, 6.45) is 3.60. The van der Waals surface area contributed by atoms with Crippen LogP contribution in [0.15, 0.2) is 59.1 Å². The van der Waals surface area contributed by atoms with Gasteiger partial charge >= 0.3 is 0 Å². The van der Waals surface area contributed by atoms with E-state index in [1.54, 1.807) is 13.3 Å². The van der Waals surface area contributed by atoms with E-state index in [0.717, 1.165) is 43.9 Å². The number of nitrogens with zero attached hydrogens (tertiary/aromatic N) is 3. The van der Waals surface area contributed by atoms with Crippen molar-refractivity contribution >= 4 is 11.6 Å². The molecule has 2 aromatic carbocycles. The number of hydrogen-bond donors (Lipinski definition) is 0. The molecule has 6 nitrogen and oxygen atoms in total. The Bertz CT molecular complexity index is 996. The minimum Gasteiger partial charge on any atom is -0.497 e. The fraction of sp³-hybridized carbons (Fsp3) is 0.360. The molecule has 162 valence electrons. The van der Waals surface area contributed by atoms with E-state index in [1.165, 1.54) is 11.3 Å². The van der Waals surface area contributed by atoms with E-state index in [0.29, 0.717) is 24.5 Å². The molecule has 0 saturated carbocycles. The van der Waals surface area contributed by atoms with Crippen molar-refractivity contribution in [2.75, 3.05) is 38.2 Å². The number of aryl methyl sites for hydroxylation is 2. The SMILES string of the molecule is COc1ccc(-c2cnc(CCC(=O)N3CCCN(c4ccc(C)cc4)CC3)o2)cc1. The minimum absolute atomic E-state index is 0.162. The van der Waals surface area contributed by atoms with Crippen LogP contribution >= 0.6 is 0 Å². The third-order valence-electron chi connectivity index (χ3n) is 5.73. The number of anilines is 1. The lowest BCUT2D eigenvalue weighted by Gasteiger charge is -2.23. The number of oxazole rings is 1. The topological polar surface area (TPSA) is 58.8 Å². The first-order valence-electron chi connectivity index (χ1n) is 10.8. The number of benzene rings is 2. The third-order valence-corrected chi connectivity index (χ3v) is 5.73. The molecule has 0 N–H and O–H groups in total. The molecule has 0 atom stereocenters. The summed E-state index contributed by atoms with van der Waals surface area (Å²) in [6, 6.07) is 16.3. The molecule has 6 heteroatoms. The number of rotatable bonds is 6. The van der Waals surface area contributed by atoms with Crippen LogP contribution in [0, 0.1) is 6.92 Å². The molecule has 1 fully saturated rings. The van der Waals surface area contributed by atoms with E-state index in [9.17, 15) is 4.79 Å². The summed E-state index contributed by atoms with van der Waals surface area (Å²) in [5.41, 5.74) is 3.43. The molecule has 1 aliphatic rings. The Labute approximate surface area is 183 Å². The monoisotopic (exact) mass is 419 g/mol. The van der Waals surface area contributed by atoms with Gasteiger partial charge in [0.1, 0.15) is 5.75 Å². The van der Waals surface area contributed by atoms with Crippen LogP contribution < -0.4 is 9.64 Å². The van der Waals surface area contributed by atoms with Gasteiger partial charge in [0, 0.05) is 50.3 Å². The minimum atomic E-state index is 0.162. The highest BCUT2D eigenvalue weighted by molar-refractivity contribution is 5.76. The van der Waals surface area contributed by atoms with Gasteiger partial charge in [-0.15, -0.1) is 0 Å². The van der Waals surface area contributed by atoms with Gasteiger partial charge in [0.05, 0.1) is 13.3 Å². The summed E-state index contributed by atoms with van der Waals surface area (Å²) < 4.78 is 11.0. The molecule has 2 heterocycles. The Balaban J connectivity index is 1.29. The van der Waals surface area contributed by atoms with E-state index < -0.39 is 0 Å². The molecular formula is C25H29N3O3. The summed E-state index contributed by atoms with van der Waals surface area (Å²) in [4.78, 5) is 21.5. The van der Waals surface area contributed by atoms with Crippen molar-refractivity contribution in [3.05, 3.63) is 66.2 Å². The molecule has 1 aliphatic heterocycles. The maximum atomic E-state index is 12.8. The van der Waals surface area contributed by atoms with E-state index in [1.807, 2.05) is 29.2 Å². The summed E-state index contributed by atoms with van der Waals surface area (Å²) in [5.74, 6) is 2.26. The molecule has 4 rings (SSSR count). The highest BCUT2D eigenvalue weighted by atomic mass is 16.5. The molecule has 1 saturated heterocycles. The quantitative estimate of drug-likeness (QED) is 0.595. The molecular weight excluding hydrogens is 390 g/mol. The van der Waals surface area contributed by atoms with Gasteiger partial charge < -0.3 is 19.0 Å². The molecule has 0 spiro atoms. The molecule has 1 aromatic heterocycles. The van der Waals surface area contributed by atoms with Gasteiger partial charge in [-0.25, -0.2) is 4.98 Å². The number of ether oxygens (including phenoxy) is 1. The standard InChI is InChI=1S/C25H29N3O3/c1-19-4-8-21(9-5-19)27-14-3-15-28(17-16-27)25(29)13-12-24-26-18-23(31-24)20-6-10-22(30-2)11-7-20/h4-11,18H,3,12-17H2,1-2H3. The molecule has 1 amide bonds. The zero-order valence-corrected chi connectivity index (χ0v) is 18.2. The average molecular weight is 420 g/mol. The van der Waals surface area contributed by atoms with Crippen molar-refractivity contribution in [2.45, 2.75) is 26.2 Å². The van der Waals surface area contributed by atoms with E-state index in [-0.39, 0.29) is 5.91 Å². The number of carbonyl (C=O) groups excluding carboxylic acids is 1. The van der Waals surface area contributed by atoms with E-state index in [2.05, 4.69) is 41.1 Å². The highest BCUT2D eigenvalue weighted by Crippen LogP contribution is 2.24. The lowest BCUT2D eigenvalue weighted by Crippen LogP contribution is -2.35. The summed E-state index contributed by atoms with van der Waals surface area (Å²) in [6.45, 7) is 5.47. The van der Waals surface area contributed by atoms with Crippen LogP contribution in [0.3, 0.4) is 0 Å². The van der Waals surface area contributed by atoms with Gasteiger partial charge in [0.15, 0.2) is 11.7 Å². The van der Waals surface area contributed by atoms with Crippen molar-refractivity contribution in [1.82, 2.24) is 9.88 Å². The lowest BCUT2D eigenvalue weighted by molar-refractivity contribution is -0.131. The lowest BCUT2D eigenvalue weighted by atomic mass is 10.2. The third kappa shape index (κ3) is 5.26. The highest BCUT2D eigenvalue weighted by Gasteiger charge is 2.20. The zero-order valence-electron chi connectivity index (χ0n) is 18.2. The van der Waals surface area contributed by atoms with Crippen molar-refractivity contribution in [1.29, 1.82) is 0 Å². The van der Waals surface area contributed by atoms with Crippen LogP contribution in [-0.4, -0.2) is 49.1 Å². The zero-order chi connectivity index (χ0) is 21.6. The van der Waals surface area contributed by atoms with Crippen molar-refractivity contribution in [3.8, 4) is 17.1 Å². The molecule has 3 aromatic rings. The molecule has 31 heavy (non-hydrogen) atoms. The van der Waals surface area contributed by atoms with Gasteiger partial charge in [-0.1, -0.05) is 17.7 Å². The summed E-state index contributed by atoms with van der Waals surface area (Å²) in [7, 11) is 1.64. The second-order valence-corrected chi connectivity index (χ2v) is 7.90. The van der Waals surface area contributed by atoms with Crippen LogP contribution in [-0.2, 0) is 11.2 Å². The maximum Gasteiger partial charge on any atom is 0.223 e. The summed E-state index contributed by atoms with van der Waals surface area (Å²) in [5, 5.41) is 0. The van der Waals surface area contributed by atoms with Gasteiger partial charge in [-0.05, 0) is 49.7 Å². The largest absolute Gasteiger partial charge is 0.497 e. The Kier molecular flexibility index (Phi) is 6.55. The first kappa shape index (κ1) is 21.0. The normalized spacial score (nSPS) is 14.4. The Morgan fingerprint density at radius 3 is 2.55 bits per heavy atom. The number of methoxy groups -OCH3 is 1. The second-order valence-electron chi connectivity index (χ2n) is 7.90. The van der Waals surface area contributed by atoms with Gasteiger partial charge in [0.2, 0.25) is 5.91 Å². The maximum absolute atomic E-state index is 12.8. The van der Waals surface area contributed by atoms with Crippen LogP contribution in [0.4, 0.5) is 5.69 Å². The number of carbonyl (C=O) groups is 1. The van der Waals surface area contributed by atoms with Crippen molar-refractivity contribution in [2.24, 2.45) is 0 Å². The number of aromatic nitrogens is 1. The first-order chi connectivity index (χ1) is 15.1. The first-order valence-corrected chi connectivity index (χ1v) is 10.8. The average Bonchev–Trinajstić information content (AvgIpc) is 3.14. The molecule has 0 unspecified atom stereocenters. The van der Waals surface area contributed by atoms with Crippen LogP contribution in [0.5, 0.6) is 5.75 Å². The van der Waals surface area contributed by atoms with Crippen molar-refractivity contribution in [3.63, 3.8) is 0 Å². The van der Waals surface area contributed by atoms with Crippen LogP contribution in [0.1, 0.15) is 24.3 Å². The van der Waals surface area contributed by atoms with Crippen LogP contribution in [0.25, 0.3) is 11.3 Å². The Morgan fingerprint density at radius 2 is 1.81 bits per heavy atom.